The Morgan fingerprint density at radius 2 is 1.57 bits per heavy atom. The van der Waals surface area contributed by atoms with Crippen molar-refractivity contribution in [1.29, 1.82) is 0 Å². The highest BCUT2D eigenvalue weighted by atomic mass is 35.5. The number of likely N-dealkylation sites (tertiary alicyclic amines) is 1. The minimum atomic E-state index is -0.562. The summed E-state index contributed by atoms with van der Waals surface area (Å²) in [7, 11) is 0. The van der Waals surface area contributed by atoms with Crippen molar-refractivity contribution in [2.24, 2.45) is 0 Å². The quantitative estimate of drug-likeness (QED) is 0.757. The number of anilines is 1. The third-order valence-electron chi connectivity index (χ3n) is 6.40. The van der Waals surface area contributed by atoms with Crippen molar-refractivity contribution in [2.75, 3.05) is 44.2 Å². The summed E-state index contributed by atoms with van der Waals surface area (Å²) in [5, 5.41) is 0.620. The summed E-state index contributed by atoms with van der Waals surface area (Å²) in [6.07, 6.45) is 2.98. The molecule has 6 nitrogen and oxygen atoms in total. The van der Waals surface area contributed by atoms with E-state index < -0.39 is 5.41 Å². The van der Waals surface area contributed by atoms with Crippen LogP contribution in [0.15, 0.2) is 48.7 Å². The fourth-order valence-electron chi connectivity index (χ4n) is 4.58. The van der Waals surface area contributed by atoms with Crippen molar-refractivity contribution in [3.8, 4) is 0 Å². The molecule has 1 aromatic heterocycles. The third kappa shape index (κ3) is 4.01. The normalized spacial score (nSPS) is 18.9. The van der Waals surface area contributed by atoms with Crippen LogP contribution in [0.5, 0.6) is 0 Å². The summed E-state index contributed by atoms with van der Waals surface area (Å²) in [5.74, 6) is 1.15. The predicted molar refractivity (Wildman–Crippen MR) is 118 cm³/mol. The zero-order valence-corrected chi connectivity index (χ0v) is 18.0. The molecule has 2 aliphatic rings. The number of carbonyl (C=O) groups is 2. The molecule has 2 amide bonds. The number of piperidine rings is 1. The summed E-state index contributed by atoms with van der Waals surface area (Å²) in [6, 6.07) is 13.8. The van der Waals surface area contributed by atoms with Crippen molar-refractivity contribution in [3.05, 3.63) is 59.2 Å². The molecule has 2 aliphatic heterocycles. The second kappa shape index (κ2) is 8.64. The first kappa shape index (κ1) is 20.7. The van der Waals surface area contributed by atoms with Gasteiger partial charge in [-0.3, -0.25) is 9.59 Å². The Morgan fingerprint density at radius 3 is 2.13 bits per heavy atom. The largest absolute Gasteiger partial charge is 0.353 e. The van der Waals surface area contributed by atoms with Crippen molar-refractivity contribution < 1.29 is 9.59 Å². The van der Waals surface area contributed by atoms with Gasteiger partial charge in [0.2, 0.25) is 11.8 Å². The van der Waals surface area contributed by atoms with Crippen LogP contribution in [-0.2, 0) is 15.0 Å². The van der Waals surface area contributed by atoms with Crippen LogP contribution in [0.2, 0.25) is 5.02 Å². The van der Waals surface area contributed by atoms with E-state index in [2.05, 4.69) is 22.0 Å². The Labute approximate surface area is 182 Å². The van der Waals surface area contributed by atoms with E-state index in [4.69, 9.17) is 11.6 Å². The van der Waals surface area contributed by atoms with E-state index in [9.17, 15) is 9.59 Å². The van der Waals surface area contributed by atoms with Crippen LogP contribution >= 0.6 is 11.6 Å². The molecule has 1 aromatic carbocycles. The van der Waals surface area contributed by atoms with E-state index in [1.807, 2.05) is 40.1 Å². The number of pyridine rings is 1. The van der Waals surface area contributed by atoms with Gasteiger partial charge in [-0.15, -0.1) is 0 Å². The molecule has 30 heavy (non-hydrogen) atoms. The van der Waals surface area contributed by atoms with Crippen LogP contribution in [0.4, 0.5) is 5.82 Å². The van der Waals surface area contributed by atoms with Crippen molar-refractivity contribution in [1.82, 2.24) is 14.8 Å². The zero-order chi connectivity index (χ0) is 21.1. The molecule has 0 unspecified atom stereocenters. The van der Waals surface area contributed by atoms with Gasteiger partial charge in [-0.2, -0.15) is 0 Å². The van der Waals surface area contributed by atoms with E-state index in [0.29, 0.717) is 44.0 Å². The highest BCUT2D eigenvalue weighted by Gasteiger charge is 2.45. The molecular weight excluding hydrogens is 400 g/mol. The van der Waals surface area contributed by atoms with Gasteiger partial charge < -0.3 is 14.7 Å². The lowest BCUT2D eigenvalue weighted by Crippen LogP contribution is -2.57. The Kier molecular flexibility index (Phi) is 5.95. The molecule has 4 rings (SSSR count). The minimum Gasteiger partial charge on any atom is -0.353 e. The summed E-state index contributed by atoms with van der Waals surface area (Å²) < 4.78 is 0. The molecule has 0 bridgehead atoms. The lowest BCUT2D eigenvalue weighted by atomic mass is 9.71. The summed E-state index contributed by atoms with van der Waals surface area (Å²) in [4.78, 5) is 36.1. The molecule has 0 radical (unpaired) electrons. The van der Waals surface area contributed by atoms with E-state index >= 15 is 0 Å². The maximum Gasteiger partial charge on any atom is 0.233 e. The van der Waals surface area contributed by atoms with Crippen molar-refractivity contribution >= 4 is 29.2 Å². The van der Waals surface area contributed by atoms with Gasteiger partial charge in [-0.05, 0) is 30.5 Å². The second-order valence-electron chi connectivity index (χ2n) is 8.07. The van der Waals surface area contributed by atoms with Gasteiger partial charge >= 0.3 is 0 Å². The highest BCUT2D eigenvalue weighted by Crippen LogP contribution is 2.38. The standard InChI is InChI=1S/C23H27ClN4O2/c1-18(29)26-11-9-23(10-12-26,19-5-3-2-4-6-19)22(30)28-15-13-27(14-16-28)21-8-7-20(24)17-25-21/h2-8,17H,9-16H2,1H3. The summed E-state index contributed by atoms with van der Waals surface area (Å²) >= 11 is 5.95. The van der Waals surface area contributed by atoms with Crippen molar-refractivity contribution in [2.45, 2.75) is 25.2 Å². The Hall–Kier alpha value is -2.60. The predicted octanol–water partition coefficient (Wildman–Crippen LogP) is 2.96. The first-order chi connectivity index (χ1) is 14.5. The molecule has 3 heterocycles. The maximum absolute atomic E-state index is 13.8. The molecule has 0 saturated carbocycles. The first-order valence-electron chi connectivity index (χ1n) is 10.5. The average molecular weight is 427 g/mol. The van der Waals surface area contributed by atoms with Gasteiger partial charge in [-0.25, -0.2) is 4.98 Å². The van der Waals surface area contributed by atoms with Gasteiger partial charge in [0.1, 0.15) is 5.82 Å². The number of nitrogens with zero attached hydrogens (tertiary/aromatic N) is 4. The van der Waals surface area contributed by atoms with Crippen LogP contribution < -0.4 is 4.90 Å². The highest BCUT2D eigenvalue weighted by molar-refractivity contribution is 6.30. The molecule has 0 aliphatic carbocycles. The number of carbonyl (C=O) groups excluding carboxylic acids is 2. The molecule has 2 saturated heterocycles. The van der Waals surface area contributed by atoms with E-state index in [-0.39, 0.29) is 11.8 Å². The van der Waals surface area contributed by atoms with E-state index in [1.54, 1.807) is 13.1 Å². The van der Waals surface area contributed by atoms with Crippen LogP contribution in [0.1, 0.15) is 25.3 Å². The molecule has 2 fully saturated rings. The molecule has 0 spiro atoms. The number of aromatic nitrogens is 1. The molecular formula is C23H27ClN4O2. The monoisotopic (exact) mass is 426 g/mol. The van der Waals surface area contributed by atoms with E-state index in [0.717, 1.165) is 24.5 Å². The fourth-order valence-corrected chi connectivity index (χ4v) is 4.69. The molecule has 2 aromatic rings. The maximum atomic E-state index is 13.8. The second-order valence-corrected chi connectivity index (χ2v) is 8.50. The first-order valence-corrected chi connectivity index (χ1v) is 10.8. The van der Waals surface area contributed by atoms with E-state index in [1.165, 1.54) is 0 Å². The number of amides is 2. The van der Waals surface area contributed by atoms with Crippen molar-refractivity contribution in [3.63, 3.8) is 0 Å². The molecule has 0 N–H and O–H groups in total. The average Bonchev–Trinajstić information content (AvgIpc) is 2.80. The number of hydrogen-bond acceptors (Lipinski definition) is 4. The Balaban J connectivity index is 1.50. The number of piperazine rings is 1. The number of hydrogen-bond donors (Lipinski definition) is 0. The van der Waals surface area contributed by atoms with Gasteiger partial charge in [0, 0.05) is 52.4 Å². The topological polar surface area (TPSA) is 56.8 Å². The van der Waals surface area contributed by atoms with Crippen LogP contribution in [0.3, 0.4) is 0 Å². The third-order valence-corrected chi connectivity index (χ3v) is 6.62. The Bertz CT molecular complexity index is 887. The fraction of sp³-hybridized carbons (Fsp3) is 0.435. The summed E-state index contributed by atoms with van der Waals surface area (Å²) in [6.45, 7) is 5.63. The van der Waals surface area contributed by atoms with Gasteiger partial charge in [0.25, 0.3) is 0 Å². The van der Waals surface area contributed by atoms with Gasteiger partial charge in [-0.1, -0.05) is 41.9 Å². The van der Waals surface area contributed by atoms with Crippen LogP contribution in [-0.4, -0.2) is 65.9 Å². The lowest BCUT2D eigenvalue weighted by Gasteiger charge is -2.45. The van der Waals surface area contributed by atoms with Gasteiger partial charge in [0.05, 0.1) is 10.4 Å². The zero-order valence-electron chi connectivity index (χ0n) is 17.3. The molecule has 7 heteroatoms. The van der Waals surface area contributed by atoms with Crippen LogP contribution in [0.25, 0.3) is 0 Å². The minimum absolute atomic E-state index is 0.0770. The molecule has 0 atom stereocenters. The Morgan fingerprint density at radius 1 is 0.900 bits per heavy atom. The molecule has 158 valence electrons. The number of halogens is 1. The number of benzene rings is 1. The lowest BCUT2D eigenvalue weighted by molar-refractivity contribution is -0.142. The SMILES string of the molecule is CC(=O)N1CCC(C(=O)N2CCN(c3ccc(Cl)cn3)CC2)(c2ccccc2)CC1. The van der Waals surface area contributed by atoms with Gasteiger partial charge in [0.15, 0.2) is 0 Å². The smallest absolute Gasteiger partial charge is 0.233 e. The summed E-state index contributed by atoms with van der Waals surface area (Å²) in [5.41, 5.74) is 0.494. The van der Waals surface area contributed by atoms with Crippen LogP contribution in [0, 0.1) is 0 Å². The number of rotatable bonds is 3.